The van der Waals surface area contributed by atoms with Gasteiger partial charge in [-0.15, -0.1) is 0 Å². The van der Waals surface area contributed by atoms with Crippen LogP contribution in [-0.2, 0) is 31.2 Å². The smallest absolute Gasteiger partial charge is 0.259 e. The average Bonchev–Trinajstić information content (AvgIpc) is 3.51. The van der Waals surface area contributed by atoms with Crippen molar-refractivity contribution < 1.29 is 22.7 Å². The molecule has 1 atom stereocenters. The number of aryl methyl sites for hydroxylation is 1. The molecule has 1 aliphatic heterocycles. The molecule has 1 amide bonds. The number of hydrogen-bond donors (Lipinski definition) is 1. The van der Waals surface area contributed by atoms with Crippen LogP contribution in [0.25, 0.3) is 0 Å². The van der Waals surface area contributed by atoms with E-state index in [1.165, 1.54) is 0 Å². The fourth-order valence-electron chi connectivity index (χ4n) is 3.37. The molecule has 9 heteroatoms. The summed E-state index contributed by atoms with van der Waals surface area (Å²) in [7, 11) is -1.50. The summed E-state index contributed by atoms with van der Waals surface area (Å²) in [6.07, 6.45) is 3.62. The number of carbonyl (C=O) groups is 1. The summed E-state index contributed by atoms with van der Waals surface area (Å²) < 4.78 is 38.0. The van der Waals surface area contributed by atoms with Gasteiger partial charge < -0.3 is 14.8 Å². The molecule has 1 aromatic heterocycles. The highest BCUT2D eigenvalue weighted by molar-refractivity contribution is 7.92. The van der Waals surface area contributed by atoms with Crippen LogP contribution in [0, 0.1) is 0 Å². The molecule has 2 aromatic rings. The zero-order chi connectivity index (χ0) is 20.4. The van der Waals surface area contributed by atoms with E-state index in [0.717, 1.165) is 0 Å². The van der Waals surface area contributed by atoms with Gasteiger partial charge in [0.05, 0.1) is 16.2 Å². The summed E-state index contributed by atoms with van der Waals surface area (Å²) in [5, 5.41) is 6.69. The maximum absolute atomic E-state index is 13.0. The minimum atomic E-state index is -3.27. The van der Waals surface area contributed by atoms with Crippen molar-refractivity contribution in [3.05, 3.63) is 42.1 Å². The Kier molecular flexibility index (Phi) is 5.71. The lowest BCUT2D eigenvalue weighted by Gasteiger charge is -2.27. The monoisotopic (exact) mass is 419 g/mol. The van der Waals surface area contributed by atoms with E-state index in [0.29, 0.717) is 55.2 Å². The molecular formula is C20H25N3O5S. The maximum atomic E-state index is 13.0. The summed E-state index contributed by atoms with van der Waals surface area (Å²) in [5.74, 6) is 0.0963. The number of sulfone groups is 1. The van der Waals surface area contributed by atoms with E-state index in [-0.39, 0.29) is 17.3 Å². The van der Waals surface area contributed by atoms with Crippen LogP contribution in [0.5, 0.6) is 0 Å². The van der Waals surface area contributed by atoms with Crippen LogP contribution >= 0.6 is 0 Å². The van der Waals surface area contributed by atoms with E-state index in [1.807, 2.05) is 0 Å². The van der Waals surface area contributed by atoms with Crippen LogP contribution in [-0.4, -0.2) is 48.7 Å². The zero-order valence-electron chi connectivity index (χ0n) is 16.3. The van der Waals surface area contributed by atoms with Crippen molar-refractivity contribution >= 4 is 21.6 Å². The number of nitrogens with zero attached hydrogens (tertiary/aromatic N) is 2. The second kappa shape index (κ2) is 8.25. The van der Waals surface area contributed by atoms with Gasteiger partial charge in [-0.05, 0) is 43.4 Å². The first kappa shape index (κ1) is 20.1. The van der Waals surface area contributed by atoms with Crippen molar-refractivity contribution in [2.45, 2.75) is 48.0 Å². The van der Waals surface area contributed by atoms with E-state index in [9.17, 15) is 13.2 Å². The Morgan fingerprint density at radius 1 is 1.17 bits per heavy atom. The molecule has 0 bridgehead atoms. The van der Waals surface area contributed by atoms with E-state index >= 15 is 0 Å². The minimum absolute atomic E-state index is 0.0990. The van der Waals surface area contributed by atoms with Crippen LogP contribution in [0.1, 0.15) is 37.4 Å². The summed E-state index contributed by atoms with van der Waals surface area (Å²) in [6.45, 7) is 1.19. The van der Waals surface area contributed by atoms with Crippen LogP contribution < -0.4 is 5.32 Å². The van der Waals surface area contributed by atoms with Gasteiger partial charge in [0.25, 0.3) is 5.91 Å². The van der Waals surface area contributed by atoms with Crippen molar-refractivity contribution in [1.82, 2.24) is 9.78 Å². The lowest BCUT2D eigenvalue weighted by Crippen LogP contribution is -2.31. The number of carbonyl (C=O) groups excluding carboxylic acids is 1. The second-order valence-electron chi connectivity index (χ2n) is 7.51. The Balaban J connectivity index is 1.55. The number of rotatable bonds is 7. The Morgan fingerprint density at radius 2 is 1.86 bits per heavy atom. The highest BCUT2D eigenvalue weighted by Gasteiger charge is 2.37. The van der Waals surface area contributed by atoms with E-state index in [1.54, 1.807) is 48.3 Å². The first-order valence-corrected chi connectivity index (χ1v) is 11.4. The molecule has 0 radical (unpaired) electrons. The van der Waals surface area contributed by atoms with Gasteiger partial charge in [0.15, 0.2) is 21.8 Å². The molecule has 156 valence electrons. The van der Waals surface area contributed by atoms with Crippen LogP contribution in [0.2, 0.25) is 0 Å². The fraction of sp³-hybridized carbons (Fsp3) is 0.500. The van der Waals surface area contributed by atoms with Crippen molar-refractivity contribution in [1.29, 1.82) is 0 Å². The van der Waals surface area contributed by atoms with Gasteiger partial charge in [-0.25, -0.2) is 8.42 Å². The van der Waals surface area contributed by atoms with E-state index in [4.69, 9.17) is 9.47 Å². The molecule has 4 rings (SSSR count). The standard InChI is InChI=1S/C20H25N3O5S/c1-23-11-8-18(22-23)21-20(24)19(28-15-9-12-27-13-10-15)14-2-4-16(5-3-14)29(25,26)17-6-7-17/h2-5,8,11,15,17,19H,6-7,9-10,12-13H2,1H3,(H,21,22,24). The molecule has 1 unspecified atom stereocenters. The molecule has 29 heavy (non-hydrogen) atoms. The topological polar surface area (TPSA) is 99.5 Å². The van der Waals surface area contributed by atoms with Gasteiger partial charge in [-0.3, -0.25) is 9.48 Å². The maximum Gasteiger partial charge on any atom is 0.259 e. The number of anilines is 1. The quantitative estimate of drug-likeness (QED) is 0.739. The van der Waals surface area contributed by atoms with Gasteiger partial charge in [0.2, 0.25) is 0 Å². The number of nitrogens with one attached hydrogen (secondary N) is 1. The Bertz CT molecular complexity index is 960. The summed E-state index contributed by atoms with van der Waals surface area (Å²) in [4.78, 5) is 13.3. The van der Waals surface area contributed by atoms with Crippen molar-refractivity contribution in [3.8, 4) is 0 Å². The third-order valence-electron chi connectivity index (χ3n) is 5.17. The Morgan fingerprint density at radius 3 is 2.45 bits per heavy atom. The molecule has 1 aliphatic carbocycles. The molecule has 8 nitrogen and oxygen atoms in total. The first-order valence-electron chi connectivity index (χ1n) is 9.81. The summed E-state index contributed by atoms with van der Waals surface area (Å²) in [5.41, 5.74) is 0.611. The fourth-order valence-corrected chi connectivity index (χ4v) is 5.03. The predicted molar refractivity (Wildman–Crippen MR) is 106 cm³/mol. The number of ether oxygens (including phenoxy) is 2. The third kappa shape index (κ3) is 4.68. The van der Waals surface area contributed by atoms with Gasteiger partial charge in [-0.2, -0.15) is 5.10 Å². The van der Waals surface area contributed by atoms with Crippen molar-refractivity contribution in [2.24, 2.45) is 7.05 Å². The van der Waals surface area contributed by atoms with Crippen LogP contribution in [0.4, 0.5) is 5.82 Å². The van der Waals surface area contributed by atoms with E-state index in [2.05, 4.69) is 10.4 Å². The normalized spacial score (nSPS) is 19.1. The highest BCUT2D eigenvalue weighted by atomic mass is 32.2. The molecule has 2 aliphatic rings. The highest BCUT2D eigenvalue weighted by Crippen LogP contribution is 2.34. The molecule has 1 saturated heterocycles. The number of hydrogen-bond acceptors (Lipinski definition) is 6. The molecular weight excluding hydrogens is 394 g/mol. The van der Waals surface area contributed by atoms with Gasteiger partial charge in [0.1, 0.15) is 0 Å². The minimum Gasteiger partial charge on any atom is -0.381 e. The number of aromatic nitrogens is 2. The average molecular weight is 420 g/mol. The largest absolute Gasteiger partial charge is 0.381 e. The molecule has 2 heterocycles. The summed E-state index contributed by atoms with van der Waals surface area (Å²) in [6, 6.07) is 8.16. The lowest BCUT2D eigenvalue weighted by molar-refractivity contribution is -0.136. The Labute approximate surface area is 170 Å². The first-order chi connectivity index (χ1) is 13.9. The lowest BCUT2D eigenvalue weighted by atomic mass is 10.1. The van der Waals surface area contributed by atoms with Gasteiger partial charge in [-0.1, -0.05) is 12.1 Å². The van der Waals surface area contributed by atoms with Crippen molar-refractivity contribution in [2.75, 3.05) is 18.5 Å². The zero-order valence-corrected chi connectivity index (χ0v) is 17.1. The predicted octanol–water partition coefficient (Wildman–Crippen LogP) is 2.23. The van der Waals surface area contributed by atoms with Gasteiger partial charge >= 0.3 is 0 Å². The Hall–Kier alpha value is -2.23. The number of amides is 1. The third-order valence-corrected chi connectivity index (χ3v) is 7.45. The van der Waals surface area contributed by atoms with Crippen LogP contribution in [0.15, 0.2) is 41.4 Å². The second-order valence-corrected chi connectivity index (χ2v) is 9.73. The SMILES string of the molecule is Cn1ccc(NC(=O)C(OC2CCOCC2)c2ccc(S(=O)(=O)C3CC3)cc2)n1. The van der Waals surface area contributed by atoms with E-state index < -0.39 is 15.9 Å². The number of benzene rings is 1. The summed E-state index contributed by atoms with van der Waals surface area (Å²) >= 11 is 0. The molecule has 1 N–H and O–H groups in total. The molecule has 0 spiro atoms. The molecule has 1 aromatic carbocycles. The molecule has 1 saturated carbocycles. The van der Waals surface area contributed by atoms with Crippen molar-refractivity contribution in [3.63, 3.8) is 0 Å². The van der Waals surface area contributed by atoms with Gasteiger partial charge in [0, 0.05) is 32.5 Å². The van der Waals surface area contributed by atoms with Crippen LogP contribution in [0.3, 0.4) is 0 Å². The molecule has 2 fully saturated rings.